The second-order valence-corrected chi connectivity index (χ2v) is 6.29. The molecule has 2 aromatic carbocycles. The third kappa shape index (κ3) is 3.48. The predicted molar refractivity (Wildman–Crippen MR) is 103 cm³/mol. The number of nitriles is 1. The highest BCUT2D eigenvalue weighted by Crippen LogP contribution is 2.28. The fraction of sp³-hybridized carbons (Fsp3) is 0.143. The fourth-order valence-corrected chi connectivity index (χ4v) is 3.20. The number of anilines is 3. The SMILES string of the molecule is N#Cc1ccc(Nc2cc(C(=O)N3CCCc4ccccc43)ncn2)cc1. The van der Waals surface area contributed by atoms with Gasteiger partial charge in [0.2, 0.25) is 0 Å². The van der Waals surface area contributed by atoms with Gasteiger partial charge in [-0.2, -0.15) is 5.26 Å². The first-order valence-electron chi connectivity index (χ1n) is 8.73. The number of carbonyl (C=O) groups excluding carboxylic acids is 1. The Morgan fingerprint density at radius 2 is 1.93 bits per heavy atom. The fourth-order valence-electron chi connectivity index (χ4n) is 3.20. The number of carbonyl (C=O) groups is 1. The summed E-state index contributed by atoms with van der Waals surface area (Å²) in [5.41, 5.74) is 3.85. The summed E-state index contributed by atoms with van der Waals surface area (Å²) < 4.78 is 0. The third-order valence-electron chi connectivity index (χ3n) is 4.53. The highest BCUT2D eigenvalue weighted by atomic mass is 16.2. The van der Waals surface area contributed by atoms with Gasteiger partial charge in [0.25, 0.3) is 5.91 Å². The average molecular weight is 355 g/mol. The van der Waals surface area contributed by atoms with Crippen LogP contribution in [0.3, 0.4) is 0 Å². The summed E-state index contributed by atoms with van der Waals surface area (Å²) in [5, 5.41) is 12.0. The minimum atomic E-state index is -0.132. The van der Waals surface area contributed by atoms with Crippen molar-refractivity contribution < 1.29 is 4.79 Å². The molecular formula is C21H17N5O. The van der Waals surface area contributed by atoms with Crippen LogP contribution in [0.4, 0.5) is 17.2 Å². The van der Waals surface area contributed by atoms with Crippen molar-refractivity contribution in [3.05, 3.63) is 77.7 Å². The van der Waals surface area contributed by atoms with Gasteiger partial charge in [-0.05, 0) is 48.7 Å². The van der Waals surface area contributed by atoms with Crippen molar-refractivity contribution in [2.45, 2.75) is 12.8 Å². The van der Waals surface area contributed by atoms with E-state index in [1.54, 1.807) is 35.2 Å². The lowest BCUT2D eigenvalue weighted by Gasteiger charge is -2.29. The summed E-state index contributed by atoms with van der Waals surface area (Å²) in [4.78, 5) is 23.2. The maximum absolute atomic E-state index is 13.0. The van der Waals surface area contributed by atoms with Crippen LogP contribution in [-0.4, -0.2) is 22.4 Å². The van der Waals surface area contributed by atoms with Gasteiger partial charge in [0.1, 0.15) is 17.8 Å². The van der Waals surface area contributed by atoms with Gasteiger partial charge < -0.3 is 10.2 Å². The molecular weight excluding hydrogens is 338 g/mol. The van der Waals surface area contributed by atoms with E-state index in [0.717, 1.165) is 24.2 Å². The highest BCUT2D eigenvalue weighted by molar-refractivity contribution is 6.05. The van der Waals surface area contributed by atoms with Crippen molar-refractivity contribution >= 4 is 23.1 Å². The second-order valence-electron chi connectivity index (χ2n) is 6.29. The number of nitrogens with zero attached hydrogens (tertiary/aromatic N) is 4. The van der Waals surface area contributed by atoms with Gasteiger partial charge in [-0.1, -0.05) is 18.2 Å². The zero-order valence-electron chi connectivity index (χ0n) is 14.6. The van der Waals surface area contributed by atoms with E-state index in [-0.39, 0.29) is 5.91 Å². The Hall–Kier alpha value is -3.72. The number of rotatable bonds is 3. The summed E-state index contributed by atoms with van der Waals surface area (Å²) in [6.45, 7) is 0.679. The van der Waals surface area contributed by atoms with E-state index in [1.165, 1.54) is 11.9 Å². The Kier molecular flexibility index (Phi) is 4.50. The molecule has 0 radical (unpaired) electrons. The highest BCUT2D eigenvalue weighted by Gasteiger charge is 2.24. The Labute approximate surface area is 157 Å². The van der Waals surface area contributed by atoms with Crippen LogP contribution in [0.2, 0.25) is 0 Å². The number of amides is 1. The molecule has 0 aliphatic carbocycles. The van der Waals surface area contributed by atoms with E-state index in [2.05, 4.69) is 27.4 Å². The number of para-hydroxylation sites is 1. The number of hydrogen-bond acceptors (Lipinski definition) is 5. The van der Waals surface area contributed by atoms with Crippen LogP contribution in [0.5, 0.6) is 0 Å². The van der Waals surface area contributed by atoms with E-state index in [4.69, 9.17) is 5.26 Å². The summed E-state index contributed by atoms with van der Waals surface area (Å²) >= 11 is 0. The van der Waals surface area contributed by atoms with Crippen molar-refractivity contribution in [3.8, 4) is 6.07 Å². The molecule has 0 saturated heterocycles. The van der Waals surface area contributed by atoms with Crippen molar-refractivity contribution in [1.82, 2.24) is 9.97 Å². The van der Waals surface area contributed by atoms with Gasteiger partial charge in [0, 0.05) is 24.0 Å². The molecule has 0 spiro atoms. The molecule has 6 heteroatoms. The maximum atomic E-state index is 13.0. The Morgan fingerprint density at radius 3 is 2.74 bits per heavy atom. The number of benzene rings is 2. The Bertz CT molecular complexity index is 1020. The van der Waals surface area contributed by atoms with Gasteiger partial charge in [-0.25, -0.2) is 9.97 Å². The Balaban J connectivity index is 1.57. The standard InChI is InChI=1S/C21H17N5O/c22-13-15-7-9-17(10-8-15)25-20-12-18(23-14-24-20)21(27)26-11-3-5-16-4-1-2-6-19(16)26/h1-2,4,6-10,12,14H,3,5,11H2,(H,23,24,25). The molecule has 0 atom stereocenters. The topological polar surface area (TPSA) is 81.9 Å². The lowest BCUT2D eigenvalue weighted by atomic mass is 10.0. The van der Waals surface area contributed by atoms with E-state index in [0.29, 0.717) is 23.6 Å². The number of aromatic nitrogens is 2. The molecule has 0 bridgehead atoms. The van der Waals surface area contributed by atoms with Gasteiger partial charge in [-0.15, -0.1) is 0 Å². The number of aryl methyl sites for hydroxylation is 1. The first-order valence-corrected chi connectivity index (χ1v) is 8.73. The van der Waals surface area contributed by atoms with Crippen molar-refractivity contribution in [2.24, 2.45) is 0 Å². The summed E-state index contributed by atoms with van der Waals surface area (Å²) in [6.07, 6.45) is 3.30. The summed E-state index contributed by atoms with van der Waals surface area (Å²) in [6, 6.07) is 18.7. The molecule has 2 heterocycles. The van der Waals surface area contributed by atoms with E-state index in [9.17, 15) is 4.79 Å². The first kappa shape index (κ1) is 16.7. The van der Waals surface area contributed by atoms with Crippen molar-refractivity contribution in [2.75, 3.05) is 16.8 Å². The minimum Gasteiger partial charge on any atom is -0.340 e. The number of hydrogen-bond donors (Lipinski definition) is 1. The Morgan fingerprint density at radius 1 is 1.11 bits per heavy atom. The molecule has 0 saturated carbocycles. The quantitative estimate of drug-likeness (QED) is 0.775. The monoisotopic (exact) mass is 355 g/mol. The van der Waals surface area contributed by atoms with Crippen LogP contribution in [0.25, 0.3) is 0 Å². The van der Waals surface area contributed by atoms with Gasteiger partial charge in [-0.3, -0.25) is 4.79 Å². The normalized spacial score (nSPS) is 12.8. The molecule has 0 fully saturated rings. The van der Waals surface area contributed by atoms with E-state index < -0.39 is 0 Å². The van der Waals surface area contributed by atoms with Crippen LogP contribution < -0.4 is 10.2 Å². The van der Waals surface area contributed by atoms with Crippen LogP contribution in [0, 0.1) is 11.3 Å². The molecule has 1 aliphatic heterocycles. The lowest BCUT2D eigenvalue weighted by Crippen LogP contribution is -2.36. The second kappa shape index (κ2) is 7.26. The average Bonchev–Trinajstić information content (AvgIpc) is 2.73. The van der Waals surface area contributed by atoms with Crippen molar-refractivity contribution in [1.29, 1.82) is 5.26 Å². The summed E-state index contributed by atoms with van der Waals surface area (Å²) in [7, 11) is 0. The van der Waals surface area contributed by atoms with Gasteiger partial charge >= 0.3 is 0 Å². The molecule has 27 heavy (non-hydrogen) atoms. The molecule has 4 rings (SSSR count). The largest absolute Gasteiger partial charge is 0.340 e. The number of fused-ring (bicyclic) bond motifs is 1. The smallest absolute Gasteiger partial charge is 0.277 e. The first-order chi connectivity index (χ1) is 13.2. The maximum Gasteiger partial charge on any atom is 0.277 e. The van der Waals surface area contributed by atoms with Crippen LogP contribution in [0.15, 0.2) is 60.9 Å². The minimum absolute atomic E-state index is 0.132. The van der Waals surface area contributed by atoms with E-state index >= 15 is 0 Å². The predicted octanol–water partition coefficient (Wildman–Crippen LogP) is 3.68. The molecule has 132 valence electrons. The zero-order valence-corrected chi connectivity index (χ0v) is 14.6. The van der Waals surface area contributed by atoms with Crippen LogP contribution in [0.1, 0.15) is 28.0 Å². The third-order valence-corrected chi connectivity index (χ3v) is 4.53. The molecule has 3 aromatic rings. The molecule has 1 amide bonds. The van der Waals surface area contributed by atoms with Crippen LogP contribution in [-0.2, 0) is 6.42 Å². The summed E-state index contributed by atoms with van der Waals surface area (Å²) in [5.74, 6) is 0.399. The zero-order chi connectivity index (χ0) is 18.6. The van der Waals surface area contributed by atoms with Crippen LogP contribution >= 0.6 is 0 Å². The van der Waals surface area contributed by atoms with Crippen molar-refractivity contribution in [3.63, 3.8) is 0 Å². The van der Waals surface area contributed by atoms with Gasteiger partial charge in [0.15, 0.2) is 0 Å². The number of nitrogens with one attached hydrogen (secondary N) is 1. The molecule has 1 aromatic heterocycles. The van der Waals surface area contributed by atoms with Gasteiger partial charge in [0.05, 0.1) is 11.6 Å². The molecule has 0 unspecified atom stereocenters. The molecule has 1 N–H and O–H groups in total. The lowest BCUT2D eigenvalue weighted by molar-refractivity contribution is 0.0980. The molecule has 6 nitrogen and oxygen atoms in total. The van der Waals surface area contributed by atoms with E-state index in [1.807, 2.05) is 18.2 Å². The molecule has 1 aliphatic rings.